The molecule has 0 saturated carbocycles. The van der Waals surface area contributed by atoms with Crippen LogP contribution < -0.4 is 5.32 Å². The SMILES string of the molecule is O=C(NC1CCN(C(=O)OCc2ccccc2)CCC1O)c1ccc(Cl)cc1Cl. The lowest BCUT2D eigenvalue weighted by Gasteiger charge is -2.21. The molecule has 29 heavy (non-hydrogen) atoms. The van der Waals surface area contributed by atoms with E-state index in [1.165, 1.54) is 12.1 Å². The Bertz CT molecular complexity index is 863. The van der Waals surface area contributed by atoms with E-state index in [-0.39, 0.29) is 17.2 Å². The zero-order valence-corrected chi connectivity index (χ0v) is 17.2. The van der Waals surface area contributed by atoms with Crippen LogP contribution in [0.3, 0.4) is 0 Å². The van der Waals surface area contributed by atoms with Crippen molar-refractivity contribution in [3.63, 3.8) is 0 Å². The van der Waals surface area contributed by atoms with Gasteiger partial charge in [-0.25, -0.2) is 4.79 Å². The van der Waals surface area contributed by atoms with Gasteiger partial charge in [0.2, 0.25) is 0 Å². The van der Waals surface area contributed by atoms with Crippen LogP contribution in [-0.4, -0.2) is 47.2 Å². The van der Waals surface area contributed by atoms with Crippen molar-refractivity contribution in [3.8, 4) is 0 Å². The highest BCUT2D eigenvalue weighted by atomic mass is 35.5. The van der Waals surface area contributed by atoms with Gasteiger partial charge < -0.3 is 20.1 Å². The summed E-state index contributed by atoms with van der Waals surface area (Å²) in [6.45, 7) is 0.904. The lowest BCUT2D eigenvalue weighted by molar-refractivity contribution is 0.0820. The first-order valence-electron chi connectivity index (χ1n) is 9.33. The molecule has 2 aromatic rings. The molecule has 1 heterocycles. The molecule has 1 aliphatic rings. The third kappa shape index (κ3) is 5.85. The van der Waals surface area contributed by atoms with E-state index >= 15 is 0 Å². The predicted molar refractivity (Wildman–Crippen MR) is 111 cm³/mol. The fraction of sp³-hybridized carbons (Fsp3) is 0.333. The molecule has 0 radical (unpaired) electrons. The zero-order valence-electron chi connectivity index (χ0n) is 15.7. The Kier molecular flexibility index (Phi) is 7.36. The van der Waals surface area contributed by atoms with Crippen LogP contribution in [0.5, 0.6) is 0 Å². The van der Waals surface area contributed by atoms with Crippen molar-refractivity contribution in [1.29, 1.82) is 0 Å². The summed E-state index contributed by atoms with van der Waals surface area (Å²) in [7, 11) is 0. The number of halogens is 2. The molecule has 2 N–H and O–H groups in total. The van der Waals surface area contributed by atoms with Crippen molar-refractivity contribution in [2.75, 3.05) is 13.1 Å². The molecule has 1 aliphatic heterocycles. The van der Waals surface area contributed by atoms with Gasteiger partial charge in [0.05, 0.1) is 22.7 Å². The number of carbonyl (C=O) groups is 2. The molecule has 3 rings (SSSR count). The molecule has 2 atom stereocenters. The summed E-state index contributed by atoms with van der Waals surface area (Å²) in [5.41, 5.74) is 1.19. The number of nitrogens with zero attached hydrogens (tertiary/aromatic N) is 1. The Labute approximate surface area is 179 Å². The van der Waals surface area contributed by atoms with Crippen molar-refractivity contribution in [2.24, 2.45) is 0 Å². The Balaban J connectivity index is 1.55. The maximum Gasteiger partial charge on any atom is 0.410 e. The van der Waals surface area contributed by atoms with E-state index in [1.54, 1.807) is 11.0 Å². The smallest absolute Gasteiger partial charge is 0.410 e. The minimum atomic E-state index is -0.781. The van der Waals surface area contributed by atoms with Crippen molar-refractivity contribution in [2.45, 2.75) is 31.6 Å². The van der Waals surface area contributed by atoms with Crippen LogP contribution in [0.4, 0.5) is 4.79 Å². The van der Waals surface area contributed by atoms with Crippen molar-refractivity contribution >= 4 is 35.2 Å². The molecule has 6 nitrogen and oxygen atoms in total. The first-order chi connectivity index (χ1) is 13.9. The molecule has 2 unspecified atom stereocenters. The average Bonchev–Trinajstić information content (AvgIpc) is 2.89. The van der Waals surface area contributed by atoms with Gasteiger partial charge in [0.1, 0.15) is 6.61 Å². The number of aliphatic hydroxyl groups is 1. The van der Waals surface area contributed by atoms with Gasteiger partial charge in [-0.3, -0.25) is 4.79 Å². The zero-order chi connectivity index (χ0) is 20.8. The molecular weight excluding hydrogens is 415 g/mol. The molecule has 0 bridgehead atoms. The monoisotopic (exact) mass is 436 g/mol. The summed E-state index contributed by atoms with van der Waals surface area (Å²) in [6, 6.07) is 13.5. The number of amides is 2. The normalized spacial score (nSPS) is 19.3. The molecule has 2 aromatic carbocycles. The fourth-order valence-corrected chi connectivity index (χ4v) is 3.66. The molecule has 0 spiro atoms. The van der Waals surface area contributed by atoms with E-state index in [1.807, 2.05) is 30.3 Å². The topological polar surface area (TPSA) is 78.9 Å². The molecule has 8 heteroatoms. The second-order valence-electron chi connectivity index (χ2n) is 6.88. The summed E-state index contributed by atoms with van der Waals surface area (Å²) < 4.78 is 5.36. The summed E-state index contributed by atoms with van der Waals surface area (Å²) in [5, 5.41) is 13.9. The van der Waals surface area contributed by atoms with Crippen molar-refractivity contribution in [1.82, 2.24) is 10.2 Å². The van der Waals surface area contributed by atoms with E-state index in [0.717, 1.165) is 5.56 Å². The van der Waals surface area contributed by atoms with E-state index in [2.05, 4.69) is 5.32 Å². The Morgan fingerprint density at radius 1 is 1.10 bits per heavy atom. The number of benzene rings is 2. The standard InChI is InChI=1S/C21H22Cl2N2O4/c22-15-6-7-16(17(23)12-15)20(27)24-18-8-10-25(11-9-19(18)26)21(28)29-13-14-4-2-1-3-5-14/h1-7,12,18-19,26H,8-11,13H2,(H,24,27). The van der Waals surface area contributed by atoms with Gasteiger partial charge >= 0.3 is 6.09 Å². The van der Waals surface area contributed by atoms with E-state index < -0.39 is 24.1 Å². The Hall–Kier alpha value is -2.28. The Morgan fingerprint density at radius 3 is 2.55 bits per heavy atom. The number of ether oxygens (including phenoxy) is 1. The quantitative estimate of drug-likeness (QED) is 0.761. The number of rotatable bonds is 4. The van der Waals surface area contributed by atoms with E-state index in [4.69, 9.17) is 27.9 Å². The van der Waals surface area contributed by atoms with Crippen LogP contribution in [0.2, 0.25) is 10.0 Å². The van der Waals surface area contributed by atoms with Crippen LogP contribution in [0.25, 0.3) is 0 Å². The molecule has 0 aliphatic carbocycles. The van der Waals surface area contributed by atoms with Crippen molar-refractivity contribution in [3.05, 3.63) is 69.7 Å². The summed E-state index contributed by atoms with van der Waals surface area (Å²) in [6.07, 6.45) is -0.483. The first-order valence-corrected chi connectivity index (χ1v) is 10.1. The van der Waals surface area contributed by atoms with Crippen molar-refractivity contribution < 1.29 is 19.4 Å². The number of hydrogen-bond donors (Lipinski definition) is 2. The molecule has 0 aromatic heterocycles. The summed E-state index contributed by atoms with van der Waals surface area (Å²) in [5.74, 6) is -0.393. The van der Waals surface area contributed by atoms with Crippen LogP contribution >= 0.6 is 23.2 Å². The molecule has 154 valence electrons. The third-order valence-electron chi connectivity index (χ3n) is 4.82. The second-order valence-corrected chi connectivity index (χ2v) is 7.72. The van der Waals surface area contributed by atoms with Crippen LogP contribution in [0.1, 0.15) is 28.8 Å². The molecule has 2 amide bonds. The van der Waals surface area contributed by atoms with Crippen LogP contribution in [0, 0.1) is 0 Å². The summed E-state index contributed by atoms with van der Waals surface area (Å²) in [4.78, 5) is 26.4. The second kappa shape index (κ2) is 9.96. The number of likely N-dealkylation sites (tertiary alicyclic amines) is 1. The van der Waals surface area contributed by atoms with Gasteiger partial charge in [-0.05, 0) is 36.6 Å². The molecular formula is C21H22Cl2N2O4. The van der Waals surface area contributed by atoms with Gasteiger partial charge in [0, 0.05) is 18.1 Å². The largest absolute Gasteiger partial charge is 0.445 e. The number of hydrogen-bond acceptors (Lipinski definition) is 4. The van der Waals surface area contributed by atoms with Gasteiger partial charge in [-0.15, -0.1) is 0 Å². The number of aliphatic hydroxyl groups excluding tert-OH is 1. The van der Waals surface area contributed by atoms with Crippen LogP contribution in [-0.2, 0) is 11.3 Å². The van der Waals surface area contributed by atoms with Crippen LogP contribution in [0.15, 0.2) is 48.5 Å². The Morgan fingerprint density at radius 2 is 1.83 bits per heavy atom. The molecule has 1 saturated heterocycles. The highest BCUT2D eigenvalue weighted by Crippen LogP contribution is 2.22. The maximum atomic E-state index is 12.5. The first kappa shape index (κ1) is 21.4. The number of carbonyl (C=O) groups excluding carboxylic acids is 2. The average molecular weight is 437 g/mol. The lowest BCUT2D eigenvalue weighted by atomic mass is 10.1. The highest BCUT2D eigenvalue weighted by molar-refractivity contribution is 6.36. The predicted octanol–water partition coefficient (Wildman–Crippen LogP) is 3.89. The van der Waals surface area contributed by atoms with Gasteiger partial charge in [-0.1, -0.05) is 53.5 Å². The third-order valence-corrected chi connectivity index (χ3v) is 5.37. The minimum Gasteiger partial charge on any atom is -0.445 e. The van der Waals surface area contributed by atoms with E-state index in [0.29, 0.717) is 31.0 Å². The van der Waals surface area contributed by atoms with E-state index in [9.17, 15) is 14.7 Å². The van der Waals surface area contributed by atoms with Gasteiger partial charge in [0.15, 0.2) is 0 Å². The summed E-state index contributed by atoms with van der Waals surface area (Å²) >= 11 is 11.9. The van der Waals surface area contributed by atoms with Gasteiger partial charge in [0.25, 0.3) is 5.91 Å². The lowest BCUT2D eigenvalue weighted by Crippen LogP contribution is -2.43. The minimum absolute atomic E-state index is 0.188. The fourth-order valence-electron chi connectivity index (χ4n) is 3.17. The number of nitrogens with one attached hydrogen (secondary N) is 1. The van der Waals surface area contributed by atoms with Gasteiger partial charge in [-0.2, -0.15) is 0 Å². The maximum absolute atomic E-state index is 12.5. The highest BCUT2D eigenvalue weighted by Gasteiger charge is 2.29. The molecule has 1 fully saturated rings.